The SMILES string of the molecule is Cn1ccnc1-c1cc(NC(=O)C2Cc3ccccc32)n[nH]1. The van der Waals surface area contributed by atoms with Crippen molar-refractivity contribution in [3.05, 3.63) is 53.9 Å². The van der Waals surface area contributed by atoms with Gasteiger partial charge in [-0.25, -0.2) is 4.98 Å². The molecule has 2 heterocycles. The maximum absolute atomic E-state index is 12.3. The van der Waals surface area contributed by atoms with E-state index in [0.29, 0.717) is 5.82 Å². The first kappa shape index (κ1) is 12.8. The highest BCUT2D eigenvalue weighted by molar-refractivity contribution is 5.97. The van der Waals surface area contributed by atoms with Gasteiger partial charge in [0, 0.05) is 25.5 Å². The molecule has 2 N–H and O–H groups in total. The highest BCUT2D eigenvalue weighted by atomic mass is 16.2. The summed E-state index contributed by atoms with van der Waals surface area (Å²) in [7, 11) is 1.91. The number of hydrogen-bond donors (Lipinski definition) is 2. The topological polar surface area (TPSA) is 75.6 Å². The maximum Gasteiger partial charge on any atom is 0.233 e. The van der Waals surface area contributed by atoms with Crippen molar-refractivity contribution in [2.75, 3.05) is 5.32 Å². The monoisotopic (exact) mass is 293 g/mol. The van der Waals surface area contributed by atoms with E-state index in [9.17, 15) is 4.79 Å². The van der Waals surface area contributed by atoms with Crippen LogP contribution in [0.1, 0.15) is 17.0 Å². The number of carbonyl (C=O) groups excluding carboxylic acids is 1. The van der Waals surface area contributed by atoms with E-state index in [0.717, 1.165) is 23.5 Å². The Kier molecular flexibility index (Phi) is 2.82. The molecule has 22 heavy (non-hydrogen) atoms. The van der Waals surface area contributed by atoms with Crippen LogP contribution in [0.5, 0.6) is 0 Å². The van der Waals surface area contributed by atoms with Gasteiger partial charge in [0.2, 0.25) is 5.91 Å². The van der Waals surface area contributed by atoms with Crippen LogP contribution >= 0.6 is 0 Å². The summed E-state index contributed by atoms with van der Waals surface area (Å²) in [6, 6.07) is 9.83. The van der Waals surface area contributed by atoms with E-state index in [4.69, 9.17) is 0 Å². The summed E-state index contributed by atoms with van der Waals surface area (Å²) in [4.78, 5) is 16.6. The Bertz CT molecular complexity index is 848. The third-order valence-electron chi connectivity index (χ3n) is 4.06. The van der Waals surface area contributed by atoms with Crippen LogP contribution < -0.4 is 5.32 Å². The molecular weight excluding hydrogens is 278 g/mol. The number of amides is 1. The number of carbonyl (C=O) groups is 1. The highest BCUT2D eigenvalue weighted by Crippen LogP contribution is 2.35. The number of benzene rings is 1. The van der Waals surface area contributed by atoms with Crippen molar-refractivity contribution in [2.45, 2.75) is 12.3 Å². The predicted octanol–water partition coefficient (Wildman–Crippen LogP) is 2.09. The lowest BCUT2D eigenvalue weighted by Gasteiger charge is -2.28. The average molecular weight is 293 g/mol. The molecule has 1 amide bonds. The summed E-state index contributed by atoms with van der Waals surface area (Å²) in [6.45, 7) is 0. The molecule has 4 rings (SSSR count). The summed E-state index contributed by atoms with van der Waals surface area (Å²) in [5, 5.41) is 9.91. The zero-order valence-corrected chi connectivity index (χ0v) is 12.1. The number of rotatable bonds is 3. The molecule has 1 atom stereocenters. The van der Waals surface area contributed by atoms with Gasteiger partial charge in [-0.1, -0.05) is 24.3 Å². The lowest BCUT2D eigenvalue weighted by Crippen LogP contribution is -2.30. The van der Waals surface area contributed by atoms with Crippen LogP contribution in [-0.4, -0.2) is 25.7 Å². The van der Waals surface area contributed by atoms with Crippen molar-refractivity contribution in [1.82, 2.24) is 19.7 Å². The summed E-state index contributed by atoms with van der Waals surface area (Å²) in [5.74, 6) is 1.20. The van der Waals surface area contributed by atoms with Gasteiger partial charge < -0.3 is 9.88 Å². The van der Waals surface area contributed by atoms with Crippen molar-refractivity contribution in [3.8, 4) is 11.5 Å². The first-order chi connectivity index (χ1) is 10.7. The van der Waals surface area contributed by atoms with Gasteiger partial charge in [-0.2, -0.15) is 5.10 Å². The largest absolute Gasteiger partial charge is 0.333 e. The van der Waals surface area contributed by atoms with Gasteiger partial charge in [-0.05, 0) is 17.5 Å². The van der Waals surface area contributed by atoms with Gasteiger partial charge in [-0.15, -0.1) is 0 Å². The van der Waals surface area contributed by atoms with E-state index in [1.165, 1.54) is 5.56 Å². The number of nitrogens with one attached hydrogen (secondary N) is 2. The van der Waals surface area contributed by atoms with Crippen molar-refractivity contribution in [1.29, 1.82) is 0 Å². The molecular formula is C16H15N5O. The molecule has 6 heteroatoms. The molecule has 0 bridgehead atoms. The fraction of sp³-hybridized carbons (Fsp3) is 0.188. The number of hydrogen-bond acceptors (Lipinski definition) is 3. The molecule has 0 saturated carbocycles. The summed E-state index contributed by atoms with van der Waals surface area (Å²) < 4.78 is 1.89. The molecule has 1 aliphatic carbocycles. The number of aromatic amines is 1. The van der Waals surface area contributed by atoms with Gasteiger partial charge in [0.05, 0.1) is 5.92 Å². The summed E-state index contributed by atoms with van der Waals surface area (Å²) in [6.07, 6.45) is 4.37. The lowest BCUT2D eigenvalue weighted by atomic mass is 9.77. The van der Waals surface area contributed by atoms with Crippen LogP contribution in [0.4, 0.5) is 5.82 Å². The fourth-order valence-corrected chi connectivity index (χ4v) is 2.83. The van der Waals surface area contributed by atoms with Crippen LogP contribution in [0.15, 0.2) is 42.7 Å². The second-order valence-corrected chi connectivity index (χ2v) is 5.47. The van der Waals surface area contributed by atoms with Crippen molar-refractivity contribution in [2.24, 2.45) is 7.05 Å². The van der Waals surface area contributed by atoms with Gasteiger partial charge in [0.25, 0.3) is 0 Å². The predicted molar refractivity (Wildman–Crippen MR) is 82.3 cm³/mol. The minimum absolute atomic E-state index is 0.0170. The number of H-pyrrole nitrogens is 1. The van der Waals surface area contributed by atoms with Gasteiger partial charge in [0.15, 0.2) is 11.6 Å². The van der Waals surface area contributed by atoms with Crippen LogP contribution in [0.3, 0.4) is 0 Å². The van der Waals surface area contributed by atoms with Gasteiger partial charge in [-0.3, -0.25) is 9.89 Å². The molecule has 6 nitrogen and oxygen atoms in total. The maximum atomic E-state index is 12.3. The molecule has 110 valence electrons. The number of imidazole rings is 1. The molecule has 1 aromatic carbocycles. The zero-order chi connectivity index (χ0) is 15.1. The molecule has 2 aromatic heterocycles. The van der Waals surface area contributed by atoms with E-state index in [1.54, 1.807) is 12.3 Å². The van der Waals surface area contributed by atoms with E-state index >= 15 is 0 Å². The van der Waals surface area contributed by atoms with E-state index in [2.05, 4.69) is 26.6 Å². The van der Waals surface area contributed by atoms with Crippen LogP contribution in [-0.2, 0) is 18.3 Å². The Morgan fingerprint density at radius 3 is 3.05 bits per heavy atom. The van der Waals surface area contributed by atoms with Crippen LogP contribution in [0, 0.1) is 0 Å². The average Bonchev–Trinajstić information content (AvgIpc) is 3.09. The minimum Gasteiger partial charge on any atom is -0.333 e. The number of aryl methyl sites for hydroxylation is 1. The summed E-state index contributed by atoms with van der Waals surface area (Å²) >= 11 is 0. The Hall–Kier alpha value is -2.89. The Labute approximate surface area is 127 Å². The molecule has 1 aliphatic rings. The number of anilines is 1. The van der Waals surface area contributed by atoms with Gasteiger partial charge >= 0.3 is 0 Å². The second kappa shape index (κ2) is 4.84. The lowest BCUT2D eigenvalue weighted by molar-refractivity contribution is -0.118. The fourth-order valence-electron chi connectivity index (χ4n) is 2.83. The second-order valence-electron chi connectivity index (χ2n) is 5.47. The van der Waals surface area contributed by atoms with E-state index < -0.39 is 0 Å². The minimum atomic E-state index is -0.0792. The quantitative estimate of drug-likeness (QED) is 0.776. The smallest absolute Gasteiger partial charge is 0.233 e. The highest BCUT2D eigenvalue weighted by Gasteiger charge is 2.32. The zero-order valence-electron chi connectivity index (χ0n) is 12.1. The number of fused-ring (bicyclic) bond motifs is 1. The van der Waals surface area contributed by atoms with E-state index in [1.807, 2.05) is 36.0 Å². The molecule has 0 spiro atoms. The number of nitrogens with zero attached hydrogens (tertiary/aromatic N) is 3. The number of aromatic nitrogens is 4. The normalized spacial score (nSPS) is 16.0. The molecule has 0 fully saturated rings. The van der Waals surface area contributed by atoms with Crippen LogP contribution in [0.25, 0.3) is 11.5 Å². The van der Waals surface area contributed by atoms with Crippen molar-refractivity contribution in [3.63, 3.8) is 0 Å². The Morgan fingerprint density at radius 2 is 2.27 bits per heavy atom. The summed E-state index contributed by atoms with van der Waals surface area (Å²) in [5.41, 5.74) is 3.13. The van der Waals surface area contributed by atoms with Gasteiger partial charge in [0.1, 0.15) is 5.69 Å². The Balaban J connectivity index is 1.50. The molecule has 0 radical (unpaired) electrons. The third-order valence-corrected chi connectivity index (χ3v) is 4.06. The van der Waals surface area contributed by atoms with Crippen molar-refractivity contribution < 1.29 is 4.79 Å². The first-order valence-electron chi connectivity index (χ1n) is 7.14. The molecule has 0 saturated heterocycles. The standard InChI is InChI=1S/C16H15N5O/c1-21-7-6-17-15(21)13-9-14(20-19-13)18-16(22)12-8-10-4-2-3-5-11(10)12/h2-7,9,12H,8H2,1H3,(H2,18,19,20,22). The Morgan fingerprint density at radius 1 is 1.41 bits per heavy atom. The first-order valence-corrected chi connectivity index (χ1v) is 7.14. The third kappa shape index (κ3) is 2.00. The van der Waals surface area contributed by atoms with Crippen LogP contribution in [0.2, 0.25) is 0 Å². The van der Waals surface area contributed by atoms with Crippen molar-refractivity contribution >= 4 is 11.7 Å². The van der Waals surface area contributed by atoms with E-state index in [-0.39, 0.29) is 11.8 Å². The molecule has 1 unspecified atom stereocenters. The molecule has 3 aromatic rings. The molecule has 0 aliphatic heterocycles.